The van der Waals surface area contributed by atoms with Gasteiger partial charge in [0, 0.05) is 5.92 Å². The van der Waals surface area contributed by atoms with Gasteiger partial charge in [-0.15, -0.1) is 0 Å². The van der Waals surface area contributed by atoms with Crippen LogP contribution in [0.1, 0.15) is 13.8 Å². The van der Waals surface area contributed by atoms with Gasteiger partial charge in [-0.25, -0.2) is 0 Å². The van der Waals surface area contributed by atoms with Crippen LogP contribution in [0.4, 0.5) is 13.2 Å². The van der Waals surface area contributed by atoms with Gasteiger partial charge in [0.05, 0.1) is 4.48 Å². The molecule has 0 N–H and O–H groups in total. The SMILES string of the molecule is CC1(C)[C@H](C(=O)Cl)[C@@H]1/C=C(/Br)C(F)(F)F. The van der Waals surface area contributed by atoms with E-state index in [4.69, 9.17) is 11.6 Å². The Kier molecular flexibility index (Phi) is 3.28. The van der Waals surface area contributed by atoms with Crippen LogP contribution in [0.25, 0.3) is 0 Å². The van der Waals surface area contributed by atoms with E-state index >= 15 is 0 Å². The van der Waals surface area contributed by atoms with E-state index in [-0.39, 0.29) is 0 Å². The van der Waals surface area contributed by atoms with Crippen molar-refractivity contribution in [3.63, 3.8) is 0 Å². The van der Waals surface area contributed by atoms with Crippen LogP contribution in [0.5, 0.6) is 0 Å². The van der Waals surface area contributed by atoms with Crippen LogP contribution in [0, 0.1) is 17.3 Å². The predicted molar refractivity (Wildman–Crippen MR) is 54.7 cm³/mol. The third kappa shape index (κ3) is 2.56. The van der Waals surface area contributed by atoms with Crippen LogP contribution in [0.3, 0.4) is 0 Å². The van der Waals surface area contributed by atoms with E-state index in [1.807, 2.05) is 0 Å². The molecule has 1 saturated carbocycles. The minimum absolute atomic E-state index is 0.446. The predicted octanol–water partition coefficient (Wildman–Crippen LogP) is 3.87. The molecule has 1 fully saturated rings. The minimum atomic E-state index is -4.40. The highest BCUT2D eigenvalue weighted by Crippen LogP contribution is 2.60. The first kappa shape index (κ1) is 13.0. The average molecular weight is 306 g/mol. The van der Waals surface area contributed by atoms with E-state index in [9.17, 15) is 18.0 Å². The molecule has 1 aliphatic carbocycles. The molecule has 1 rings (SSSR count). The quantitative estimate of drug-likeness (QED) is 0.708. The van der Waals surface area contributed by atoms with Crippen molar-refractivity contribution in [1.29, 1.82) is 0 Å². The third-order valence-corrected chi connectivity index (χ3v) is 3.70. The molecule has 0 spiro atoms. The van der Waals surface area contributed by atoms with Crippen molar-refractivity contribution in [2.75, 3.05) is 0 Å². The van der Waals surface area contributed by atoms with E-state index < -0.39 is 33.2 Å². The van der Waals surface area contributed by atoms with Gasteiger partial charge in [0.2, 0.25) is 5.24 Å². The van der Waals surface area contributed by atoms with Crippen molar-refractivity contribution in [2.24, 2.45) is 17.3 Å². The maximum absolute atomic E-state index is 12.2. The molecule has 0 saturated heterocycles. The van der Waals surface area contributed by atoms with E-state index in [0.29, 0.717) is 0 Å². The second-order valence-electron chi connectivity index (χ2n) is 4.14. The fraction of sp³-hybridized carbons (Fsp3) is 0.667. The molecule has 0 amide bonds. The van der Waals surface area contributed by atoms with Crippen LogP contribution in [0.2, 0.25) is 0 Å². The zero-order valence-corrected chi connectivity index (χ0v) is 10.4. The summed E-state index contributed by atoms with van der Waals surface area (Å²) in [5, 5.41) is -0.580. The zero-order chi connectivity index (χ0) is 12.0. The number of hydrogen-bond donors (Lipinski definition) is 0. The lowest BCUT2D eigenvalue weighted by molar-refractivity contribution is -0.113. The Labute approximate surface area is 98.8 Å². The monoisotopic (exact) mass is 304 g/mol. The smallest absolute Gasteiger partial charge is 0.281 e. The summed E-state index contributed by atoms with van der Waals surface area (Å²) in [6, 6.07) is 0. The zero-order valence-electron chi connectivity index (χ0n) is 8.03. The largest absolute Gasteiger partial charge is 0.422 e. The van der Waals surface area contributed by atoms with Gasteiger partial charge in [-0.1, -0.05) is 19.9 Å². The Morgan fingerprint density at radius 1 is 1.47 bits per heavy atom. The lowest BCUT2D eigenvalue weighted by atomic mass is 10.1. The van der Waals surface area contributed by atoms with Crippen LogP contribution in [-0.2, 0) is 4.79 Å². The Morgan fingerprint density at radius 2 is 1.93 bits per heavy atom. The van der Waals surface area contributed by atoms with Gasteiger partial charge in [-0.2, -0.15) is 13.2 Å². The molecular formula is C9H9BrClF3O. The van der Waals surface area contributed by atoms with Gasteiger partial charge in [0.1, 0.15) is 0 Å². The first-order chi connectivity index (χ1) is 6.58. The van der Waals surface area contributed by atoms with Crippen molar-refractivity contribution >= 4 is 32.8 Å². The van der Waals surface area contributed by atoms with Crippen molar-refractivity contribution < 1.29 is 18.0 Å². The summed E-state index contributed by atoms with van der Waals surface area (Å²) < 4.78 is 35.7. The van der Waals surface area contributed by atoms with E-state index in [1.54, 1.807) is 13.8 Å². The summed E-state index contributed by atoms with van der Waals surface area (Å²) in [7, 11) is 0. The van der Waals surface area contributed by atoms with E-state index in [2.05, 4.69) is 15.9 Å². The van der Waals surface area contributed by atoms with Crippen LogP contribution in [-0.4, -0.2) is 11.4 Å². The molecule has 0 aromatic heterocycles. The minimum Gasteiger partial charge on any atom is -0.281 e. The first-order valence-corrected chi connectivity index (χ1v) is 5.39. The molecule has 0 bridgehead atoms. The highest BCUT2D eigenvalue weighted by Gasteiger charge is 2.60. The highest BCUT2D eigenvalue weighted by atomic mass is 79.9. The fourth-order valence-electron chi connectivity index (χ4n) is 1.67. The molecule has 0 aromatic carbocycles. The van der Waals surface area contributed by atoms with Gasteiger partial charge in [0.25, 0.3) is 0 Å². The summed E-state index contributed by atoms with van der Waals surface area (Å²) in [4.78, 5) is 10.9. The summed E-state index contributed by atoms with van der Waals surface area (Å²) in [5.41, 5.74) is -0.483. The van der Waals surface area contributed by atoms with Crippen molar-refractivity contribution in [3.8, 4) is 0 Å². The molecule has 0 heterocycles. The maximum atomic E-state index is 12.2. The number of allylic oxidation sites excluding steroid dienone is 2. The fourth-order valence-corrected chi connectivity index (χ4v) is 2.38. The summed E-state index contributed by atoms with van der Waals surface area (Å²) in [6.45, 7) is 3.44. The Balaban J connectivity index is 2.83. The van der Waals surface area contributed by atoms with Crippen molar-refractivity contribution in [2.45, 2.75) is 20.0 Å². The average Bonchev–Trinajstić information content (AvgIpc) is 2.50. The molecule has 86 valence electrons. The first-order valence-electron chi connectivity index (χ1n) is 4.22. The van der Waals surface area contributed by atoms with Gasteiger partial charge >= 0.3 is 6.18 Å². The Hall–Kier alpha value is -0.0300. The Morgan fingerprint density at radius 3 is 2.20 bits per heavy atom. The maximum Gasteiger partial charge on any atom is 0.422 e. The molecule has 0 radical (unpaired) electrons. The number of alkyl halides is 3. The molecule has 15 heavy (non-hydrogen) atoms. The number of hydrogen-bond acceptors (Lipinski definition) is 1. The summed E-state index contributed by atoms with van der Waals surface area (Å²) >= 11 is 7.74. The second kappa shape index (κ2) is 3.77. The molecule has 2 atom stereocenters. The summed E-state index contributed by atoms with van der Waals surface area (Å²) in [6.07, 6.45) is -3.39. The topological polar surface area (TPSA) is 17.1 Å². The van der Waals surface area contributed by atoms with Gasteiger partial charge in [-0.05, 0) is 38.9 Å². The highest BCUT2D eigenvalue weighted by molar-refractivity contribution is 9.11. The normalized spacial score (nSPS) is 30.2. The number of carbonyl (C=O) groups excluding carboxylic acids is 1. The molecule has 1 aliphatic rings. The molecule has 1 nitrogen and oxygen atoms in total. The number of rotatable bonds is 2. The molecular weight excluding hydrogens is 296 g/mol. The molecule has 6 heteroatoms. The lowest BCUT2D eigenvalue weighted by Crippen LogP contribution is -2.07. The van der Waals surface area contributed by atoms with E-state index in [0.717, 1.165) is 6.08 Å². The van der Waals surface area contributed by atoms with Gasteiger partial charge < -0.3 is 0 Å². The number of carbonyl (C=O) groups is 1. The molecule has 0 aliphatic heterocycles. The van der Waals surface area contributed by atoms with Crippen LogP contribution < -0.4 is 0 Å². The molecule has 0 aromatic rings. The van der Waals surface area contributed by atoms with Gasteiger partial charge in [-0.3, -0.25) is 4.79 Å². The third-order valence-electron chi connectivity index (χ3n) is 2.75. The standard InChI is InChI=1S/C9H9BrClF3O/c1-8(2)4(6(8)7(11)15)3-5(10)9(12,13)14/h3-4,6H,1-2H3/b5-3+/t4-,6-/m0/s1. The van der Waals surface area contributed by atoms with Gasteiger partial charge in [0.15, 0.2) is 0 Å². The summed E-state index contributed by atoms with van der Waals surface area (Å²) in [5.74, 6) is -0.965. The van der Waals surface area contributed by atoms with Crippen molar-refractivity contribution in [3.05, 3.63) is 10.6 Å². The Bertz CT molecular complexity index is 322. The second-order valence-corrected chi connectivity index (χ2v) is 5.37. The van der Waals surface area contributed by atoms with Crippen LogP contribution >= 0.6 is 27.5 Å². The van der Waals surface area contributed by atoms with Crippen molar-refractivity contribution in [1.82, 2.24) is 0 Å². The molecule has 0 unspecified atom stereocenters. The van der Waals surface area contributed by atoms with Crippen LogP contribution in [0.15, 0.2) is 10.6 Å². The lowest BCUT2D eigenvalue weighted by Gasteiger charge is -2.04. The van der Waals surface area contributed by atoms with E-state index in [1.165, 1.54) is 0 Å². The number of halogens is 5.